The number of hydrogen-bond donors (Lipinski definition) is 2. The Kier molecular flexibility index (Phi) is 6.02. The van der Waals surface area contributed by atoms with Crippen molar-refractivity contribution in [2.45, 2.75) is 6.61 Å². The minimum Gasteiger partial charge on any atom is -0.506 e. The highest BCUT2D eigenvalue weighted by Crippen LogP contribution is 2.41. The molecule has 0 atom stereocenters. The largest absolute Gasteiger partial charge is 0.506 e. The van der Waals surface area contributed by atoms with Crippen LogP contribution in [0.15, 0.2) is 30.3 Å². The molecule has 4 aromatic rings. The van der Waals surface area contributed by atoms with Gasteiger partial charge in [-0.3, -0.25) is 5.10 Å². The fourth-order valence-corrected chi connectivity index (χ4v) is 3.48. The zero-order chi connectivity index (χ0) is 19.8. The lowest BCUT2D eigenvalue weighted by atomic mass is 10.00. The van der Waals surface area contributed by atoms with Crippen molar-refractivity contribution >= 4 is 45.8 Å². The molecule has 2 aromatic heterocycles. The van der Waals surface area contributed by atoms with E-state index >= 15 is 0 Å². The van der Waals surface area contributed by atoms with Crippen LogP contribution in [-0.4, -0.2) is 41.6 Å². The Balaban J connectivity index is 0.00000240. The van der Waals surface area contributed by atoms with E-state index in [9.17, 15) is 5.11 Å². The van der Waals surface area contributed by atoms with Gasteiger partial charge in [-0.05, 0) is 30.3 Å². The molecule has 2 heterocycles. The first kappa shape index (κ1) is 21.0. The summed E-state index contributed by atoms with van der Waals surface area (Å²) in [5, 5.41) is 19.9. The number of phenols is 1. The van der Waals surface area contributed by atoms with Crippen molar-refractivity contribution < 1.29 is 19.3 Å². The molecule has 0 amide bonds. The topological polar surface area (TPSA) is 89.5 Å². The Morgan fingerprint density at radius 2 is 1.72 bits per heavy atom. The van der Waals surface area contributed by atoms with Crippen molar-refractivity contribution in [2.75, 3.05) is 21.3 Å². The van der Waals surface area contributed by atoms with Crippen molar-refractivity contribution in [1.82, 2.24) is 15.2 Å². The fourth-order valence-electron chi connectivity index (χ4n) is 3.30. The lowest BCUT2D eigenvalue weighted by Gasteiger charge is -2.13. The third-order valence-electron chi connectivity index (χ3n) is 4.60. The number of nitrogens with one attached hydrogen (secondary N) is 1. The van der Waals surface area contributed by atoms with E-state index in [0.717, 1.165) is 27.4 Å². The minimum atomic E-state index is 0. The fraction of sp³-hybridized carbons (Fsp3) is 0.200. The van der Waals surface area contributed by atoms with Crippen LogP contribution in [0.2, 0.25) is 5.02 Å². The van der Waals surface area contributed by atoms with Gasteiger partial charge in [-0.2, -0.15) is 5.10 Å². The van der Waals surface area contributed by atoms with Crippen LogP contribution in [0.3, 0.4) is 0 Å². The maximum Gasteiger partial charge on any atom is 0.182 e. The number of methoxy groups -OCH3 is 3. The van der Waals surface area contributed by atoms with E-state index in [-0.39, 0.29) is 23.2 Å². The lowest BCUT2D eigenvalue weighted by molar-refractivity contribution is 0.182. The van der Waals surface area contributed by atoms with Crippen LogP contribution in [0.5, 0.6) is 17.2 Å². The third kappa shape index (κ3) is 3.53. The molecule has 29 heavy (non-hydrogen) atoms. The van der Waals surface area contributed by atoms with Crippen LogP contribution in [0, 0.1) is 0 Å². The second-order valence-corrected chi connectivity index (χ2v) is 6.62. The maximum absolute atomic E-state index is 9.77. The van der Waals surface area contributed by atoms with Gasteiger partial charge in [0.25, 0.3) is 0 Å². The van der Waals surface area contributed by atoms with Gasteiger partial charge in [0.2, 0.25) is 0 Å². The van der Waals surface area contributed by atoms with Crippen molar-refractivity contribution in [3.05, 3.63) is 41.0 Å². The molecule has 0 radical (unpaired) electrons. The molecule has 0 bridgehead atoms. The summed E-state index contributed by atoms with van der Waals surface area (Å²) in [4.78, 5) is 4.74. The predicted octanol–water partition coefficient (Wildman–Crippen LogP) is 4.72. The van der Waals surface area contributed by atoms with Gasteiger partial charge >= 0.3 is 0 Å². The van der Waals surface area contributed by atoms with Crippen LogP contribution in [-0.2, 0) is 11.3 Å². The van der Waals surface area contributed by atoms with Crippen LogP contribution < -0.4 is 9.47 Å². The third-order valence-corrected chi connectivity index (χ3v) is 4.90. The molecule has 4 rings (SSSR count). The van der Waals surface area contributed by atoms with E-state index in [1.54, 1.807) is 33.5 Å². The highest BCUT2D eigenvalue weighted by molar-refractivity contribution is 6.32. The first-order valence-electron chi connectivity index (χ1n) is 8.47. The molecule has 0 unspecified atom stereocenters. The molecule has 0 fully saturated rings. The van der Waals surface area contributed by atoms with Crippen LogP contribution in [0.4, 0.5) is 0 Å². The number of fused-ring (bicyclic) bond motifs is 3. The number of H-pyrrole nitrogens is 1. The monoisotopic (exact) mass is 435 g/mol. The van der Waals surface area contributed by atoms with Gasteiger partial charge in [-0.1, -0.05) is 11.6 Å². The van der Waals surface area contributed by atoms with Crippen LogP contribution in [0.25, 0.3) is 33.1 Å². The van der Waals surface area contributed by atoms with Crippen molar-refractivity contribution in [2.24, 2.45) is 0 Å². The molecule has 2 N–H and O–H groups in total. The van der Waals surface area contributed by atoms with E-state index in [1.807, 2.05) is 12.1 Å². The SMILES string of the molecule is COCc1[nH]nc2nc(-c3ccc(O)c(Cl)c3)c3cc(OC)c(OC)cc3c12.Cl. The standard InChI is InChI=1S/C20H18ClN3O4.ClH/c1-26-9-14-18-11-7-16(27-2)17(28-3)8-12(11)19(22-20(18)24-23-14)10-4-5-15(25)13(21)6-10;/h4-8,25H,9H2,1-3H3,(H,22,23,24);1H. The number of nitrogens with zero attached hydrogens (tertiary/aromatic N) is 2. The number of pyridine rings is 1. The van der Waals surface area contributed by atoms with Gasteiger partial charge < -0.3 is 19.3 Å². The summed E-state index contributed by atoms with van der Waals surface area (Å²) in [6, 6.07) is 8.74. The Morgan fingerprint density at radius 3 is 2.34 bits per heavy atom. The number of aromatic nitrogens is 3. The molecule has 7 nitrogen and oxygen atoms in total. The molecule has 9 heteroatoms. The van der Waals surface area contributed by atoms with Crippen molar-refractivity contribution in [3.63, 3.8) is 0 Å². The summed E-state index contributed by atoms with van der Waals surface area (Å²) in [5.74, 6) is 1.19. The normalized spacial score (nSPS) is 10.9. The van der Waals surface area contributed by atoms with Crippen molar-refractivity contribution in [3.8, 4) is 28.5 Å². The van der Waals surface area contributed by atoms with Gasteiger partial charge in [0, 0.05) is 23.4 Å². The number of aromatic hydroxyl groups is 1. The predicted molar refractivity (Wildman–Crippen MR) is 115 cm³/mol. The number of phenolic OH excluding ortho intramolecular Hbond substituents is 1. The van der Waals surface area contributed by atoms with Gasteiger partial charge in [-0.15, -0.1) is 12.4 Å². The number of ether oxygens (including phenoxy) is 3. The number of rotatable bonds is 5. The summed E-state index contributed by atoms with van der Waals surface area (Å²) >= 11 is 6.12. The Labute approximate surface area is 178 Å². The number of aromatic amines is 1. The molecule has 0 aliphatic carbocycles. The lowest BCUT2D eigenvalue weighted by Crippen LogP contribution is -1.95. The molecule has 0 spiro atoms. The van der Waals surface area contributed by atoms with E-state index in [0.29, 0.717) is 29.4 Å². The zero-order valence-corrected chi connectivity index (χ0v) is 17.5. The second kappa shape index (κ2) is 8.32. The summed E-state index contributed by atoms with van der Waals surface area (Å²) in [5.41, 5.74) is 2.78. The Hall–Kier alpha value is -2.74. The average molecular weight is 436 g/mol. The van der Waals surface area contributed by atoms with Gasteiger partial charge in [0.1, 0.15) is 5.75 Å². The summed E-state index contributed by atoms with van der Waals surface area (Å²) in [6.07, 6.45) is 0. The van der Waals surface area contributed by atoms with Gasteiger partial charge in [-0.25, -0.2) is 4.98 Å². The molecule has 0 aliphatic heterocycles. The maximum atomic E-state index is 9.77. The first-order chi connectivity index (χ1) is 13.6. The van der Waals surface area contributed by atoms with Crippen LogP contribution >= 0.6 is 24.0 Å². The number of benzene rings is 2. The zero-order valence-electron chi connectivity index (χ0n) is 15.9. The van der Waals surface area contributed by atoms with Gasteiger partial charge in [0.05, 0.1) is 42.6 Å². The van der Waals surface area contributed by atoms with E-state index in [4.69, 9.17) is 30.8 Å². The van der Waals surface area contributed by atoms with Gasteiger partial charge in [0.15, 0.2) is 17.1 Å². The molecule has 2 aromatic carbocycles. The van der Waals surface area contributed by atoms with E-state index in [2.05, 4.69) is 10.2 Å². The summed E-state index contributed by atoms with van der Waals surface area (Å²) in [7, 11) is 4.80. The highest BCUT2D eigenvalue weighted by atomic mass is 35.5. The molecule has 152 valence electrons. The van der Waals surface area contributed by atoms with E-state index < -0.39 is 0 Å². The van der Waals surface area contributed by atoms with Crippen molar-refractivity contribution in [1.29, 1.82) is 0 Å². The summed E-state index contributed by atoms with van der Waals surface area (Å²) in [6.45, 7) is 0.367. The molecular formula is C20H19Cl2N3O4. The Bertz CT molecular complexity index is 1190. The van der Waals surface area contributed by atoms with E-state index in [1.165, 1.54) is 6.07 Å². The second-order valence-electron chi connectivity index (χ2n) is 6.21. The molecular weight excluding hydrogens is 417 g/mol. The smallest absolute Gasteiger partial charge is 0.182 e. The van der Waals surface area contributed by atoms with Crippen LogP contribution in [0.1, 0.15) is 5.69 Å². The molecule has 0 aliphatic rings. The minimum absolute atomic E-state index is 0. The quantitative estimate of drug-likeness (QED) is 0.471. The number of hydrogen-bond acceptors (Lipinski definition) is 6. The Morgan fingerprint density at radius 1 is 1.03 bits per heavy atom. The first-order valence-corrected chi connectivity index (χ1v) is 8.85. The summed E-state index contributed by atoms with van der Waals surface area (Å²) < 4.78 is 16.3. The number of halogens is 2. The molecule has 0 saturated carbocycles. The molecule has 0 saturated heterocycles. The highest BCUT2D eigenvalue weighted by Gasteiger charge is 2.19. The average Bonchev–Trinajstić information content (AvgIpc) is 3.11.